The molecule has 2 N–H and O–H groups in total. The number of ketones is 1. The SMILES string of the molecule is O=C(O)CC(NC(=O)COC(=O)N1c2ccccc2N(C2CC2)c2ccccc21)C(=O)CF. The van der Waals surface area contributed by atoms with Crippen LogP contribution in [0.5, 0.6) is 0 Å². The minimum absolute atomic E-state index is 0.343. The molecule has 172 valence electrons. The number of carbonyl (C=O) groups excluding carboxylic acids is 3. The molecule has 0 aromatic heterocycles. The Morgan fingerprint density at radius 3 is 2.03 bits per heavy atom. The van der Waals surface area contributed by atoms with Crippen LogP contribution in [0.25, 0.3) is 0 Å². The highest BCUT2D eigenvalue weighted by atomic mass is 19.1. The number of hydrogen-bond acceptors (Lipinski definition) is 6. The number of carbonyl (C=O) groups is 4. The normalized spacial score (nSPS) is 15.2. The van der Waals surface area contributed by atoms with E-state index in [-0.39, 0.29) is 0 Å². The highest BCUT2D eigenvalue weighted by Crippen LogP contribution is 2.52. The van der Waals surface area contributed by atoms with E-state index in [1.54, 1.807) is 24.3 Å². The third kappa shape index (κ3) is 4.64. The maximum atomic E-state index is 13.1. The summed E-state index contributed by atoms with van der Waals surface area (Å²) in [7, 11) is 0. The van der Waals surface area contributed by atoms with Crippen molar-refractivity contribution >= 4 is 46.5 Å². The fourth-order valence-corrected chi connectivity index (χ4v) is 3.84. The van der Waals surface area contributed by atoms with Crippen molar-refractivity contribution in [1.29, 1.82) is 0 Å². The van der Waals surface area contributed by atoms with E-state index >= 15 is 0 Å². The number of nitrogens with one attached hydrogen (secondary N) is 1. The van der Waals surface area contributed by atoms with Crippen LogP contribution >= 0.6 is 0 Å². The Balaban J connectivity index is 1.52. The van der Waals surface area contributed by atoms with Gasteiger partial charge in [0.15, 0.2) is 12.4 Å². The molecule has 33 heavy (non-hydrogen) atoms. The molecule has 10 heteroatoms. The molecule has 1 atom stereocenters. The molecule has 0 bridgehead atoms. The van der Waals surface area contributed by atoms with Gasteiger partial charge in [-0.1, -0.05) is 24.3 Å². The second kappa shape index (κ2) is 9.27. The van der Waals surface area contributed by atoms with Gasteiger partial charge in [-0.15, -0.1) is 0 Å². The van der Waals surface area contributed by atoms with E-state index in [0.717, 1.165) is 24.2 Å². The van der Waals surface area contributed by atoms with Gasteiger partial charge in [-0.3, -0.25) is 14.4 Å². The van der Waals surface area contributed by atoms with Crippen LogP contribution in [0, 0.1) is 0 Å². The lowest BCUT2D eigenvalue weighted by molar-refractivity contribution is -0.140. The largest absolute Gasteiger partial charge is 0.481 e. The number of nitrogens with zero attached hydrogens (tertiary/aromatic N) is 2. The number of benzene rings is 2. The number of rotatable bonds is 8. The van der Waals surface area contributed by atoms with Gasteiger partial charge in [0.2, 0.25) is 0 Å². The highest BCUT2D eigenvalue weighted by Gasteiger charge is 2.39. The van der Waals surface area contributed by atoms with E-state index < -0.39 is 49.5 Å². The summed E-state index contributed by atoms with van der Waals surface area (Å²) in [5, 5.41) is 11.0. The molecule has 0 saturated heterocycles. The molecular formula is C23H22FN3O6. The Morgan fingerprint density at radius 1 is 1.00 bits per heavy atom. The van der Waals surface area contributed by atoms with Crippen molar-refractivity contribution < 1.29 is 33.4 Å². The van der Waals surface area contributed by atoms with E-state index in [9.17, 15) is 23.6 Å². The number of carboxylic acid groups (broad SMARTS) is 1. The molecule has 2 aromatic rings. The van der Waals surface area contributed by atoms with Crippen LogP contribution in [-0.4, -0.2) is 54.2 Å². The van der Waals surface area contributed by atoms with E-state index in [1.165, 1.54) is 4.90 Å². The van der Waals surface area contributed by atoms with E-state index in [1.807, 2.05) is 24.3 Å². The second-order valence-corrected chi connectivity index (χ2v) is 7.79. The van der Waals surface area contributed by atoms with Gasteiger partial charge in [-0.2, -0.15) is 0 Å². The maximum absolute atomic E-state index is 13.1. The molecule has 1 heterocycles. The topological polar surface area (TPSA) is 116 Å². The summed E-state index contributed by atoms with van der Waals surface area (Å²) in [6.07, 6.45) is 0.504. The van der Waals surface area contributed by atoms with Crippen LogP contribution in [0.3, 0.4) is 0 Å². The maximum Gasteiger partial charge on any atom is 0.419 e. The smallest absolute Gasteiger partial charge is 0.419 e. The van der Waals surface area contributed by atoms with Gasteiger partial charge < -0.3 is 20.1 Å². The van der Waals surface area contributed by atoms with Crippen molar-refractivity contribution in [3.05, 3.63) is 48.5 Å². The van der Waals surface area contributed by atoms with Gasteiger partial charge >= 0.3 is 12.1 Å². The molecule has 2 amide bonds. The first-order chi connectivity index (χ1) is 15.9. The predicted molar refractivity (Wildman–Crippen MR) is 117 cm³/mol. The zero-order chi connectivity index (χ0) is 23.5. The summed E-state index contributed by atoms with van der Waals surface area (Å²) in [5.41, 5.74) is 2.89. The van der Waals surface area contributed by atoms with Crippen molar-refractivity contribution in [2.24, 2.45) is 0 Å². The number of amides is 2. The first kappa shape index (κ1) is 22.3. The lowest BCUT2D eigenvalue weighted by Gasteiger charge is -2.38. The molecule has 1 saturated carbocycles. The van der Waals surface area contributed by atoms with Crippen LogP contribution in [0.2, 0.25) is 0 Å². The number of fused-ring (bicyclic) bond motifs is 2. The minimum atomic E-state index is -1.54. The first-order valence-electron chi connectivity index (χ1n) is 10.4. The second-order valence-electron chi connectivity index (χ2n) is 7.79. The van der Waals surface area contributed by atoms with Gasteiger partial charge in [-0.05, 0) is 37.1 Å². The van der Waals surface area contributed by atoms with Gasteiger partial charge in [0.25, 0.3) is 5.91 Å². The molecule has 4 rings (SSSR count). The van der Waals surface area contributed by atoms with Crippen molar-refractivity contribution in [3.63, 3.8) is 0 Å². The molecule has 9 nitrogen and oxygen atoms in total. The number of alkyl halides is 1. The van der Waals surface area contributed by atoms with Gasteiger partial charge in [0.05, 0.1) is 29.2 Å². The summed E-state index contributed by atoms with van der Waals surface area (Å²) < 4.78 is 17.9. The molecule has 1 aliphatic carbocycles. The zero-order valence-corrected chi connectivity index (χ0v) is 17.6. The van der Waals surface area contributed by atoms with Gasteiger partial charge in [-0.25, -0.2) is 14.1 Å². The lowest BCUT2D eigenvalue weighted by atomic mass is 10.1. The van der Waals surface area contributed by atoms with Crippen LogP contribution in [0.4, 0.5) is 31.9 Å². The number of para-hydroxylation sites is 4. The van der Waals surface area contributed by atoms with Crippen molar-refractivity contribution in [2.75, 3.05) is 23.1 Å². The molecule has 0 spiro atoms. The number of Topliss-reactive ketones (excluding diaryl/α,β-unsaturated/α-hetero) is 1. The number of carboxylic acids is 1. The van der Waals surface area contributed by atoms with Gasteiger partial charge in [0, 0.05) is 6.04 Å². The first-order valence-corrected chi connectivity index (χ1v) is 10.4. The average molecular weight is 455 g/mol. The number of anilines is 4. The van der Waals surface area contributed by atoms with Gasteiger partial charge in [0.1, 0.15) is 12.7 Å². The Morgan fingerprint density at radius 2 is 1.55 bits per heavy atom. The molecule has 2 aromatic carbocycles. The fraction of sp³-hybridized carbons (Fsp3) is 0.304. The number of ether oxygens (including phenoxy) is 1. The van der Waals surface area contributed by atoms with Crippen LogP contribution in [-0.2, 0) is 19.1 Å². The highest BCUT2D eigenvalue weighted by molar-refractivity contribution is 6.07. The summed E-state index contributed by atoms with van der Waals surface area (Å²) >= 11 is 0. The predicted octanol–water partition coefficient (Wildman–Crippen LogP) is 3.07. The lowest BCUT2D eigenvalue weighted by Crippen LogP contribution is -2.45. The summed E-state index contributed by atoms with van der Waals surface area (Å²) in [6.45, 7) is -2.18. The number of halogens is 1. The van der Waals surface area contributed by atoms with Crippen molar-refractivity contribution in [1.82, 2.24) is 5.32 Å². The quantitative estimate of drug-likeness (QED) is 0.628. The molecule has 1 fully saturated rings. The van der Waals surface area contributed by atoms with E-state index in [2.05, 4.69) is 10.2 Å². The van der Waals surface area contributed by atoms with Crippen molar-refractivity contribution in [3.8, 4) is 0 Å². The van der Waals surface area contributed by atoms with Crippen LogP contribution in [0.1, 0.15) is 19.3 Å². The van der Waals surface area contributed by atoms with Crippen molar-refractivity contribution in [2.45, 2.75) is 31.3 Å². The van der Waals surface area contributed by atoms with Crippen LogP contribution in [0.15, 0.2) is 48.5 Å². The zero-order valence-electron chi connectivity index (χ0n) is 17.6. The molecule has 1 aliphatic heterocycles. The monoisotopic (exact) mass is 455 g/mol. The molecule has 1 unspecified atom stereocenters. The van der Waals surface area contributed by atoms with E-state index in [0.29, 0.717) is 17.4 Å². The third-order valence-corrected chi connectivity index (χ3v) is 5.42. The standard InChI is InChI=1S/C23H22FN3O6/c24-12-20(28)15(11-22(30)31)25-21(29)13-33-23(32)27-18-7-3-1-5-16(18)26(14-9-10-14)17-6-2-4-8-19(17)27/h1-8,14-15H,9-13H2,(H,25,29)(H,30,31). The summed E-state index contributed by atoms with van der Waals surface area (Å²) in [5.74, 6) is -3.36. The fourth-order valence-electron chi connectivity index (χ4n) is 3.84. The summed E-state index contributed by atoms with van der Waals surface area (Å²) in [6, 6.07) is 13.5. The van der Waals surface area contributed by atoms with E-state index in [4.69, 9.17) is 9.84 Å². The Bertz CT molecular complexity index is 1060. The molecular weight excluding hydrogens is 433 g/mol. The number of aliphatic carboxylic acids is 1. The summed E-state index contributed by atoms with van der Waals surface area (Å²) in [4.78, 5) is 51.3. The Hall–Kier alpha value is -3.95. The third-order valence-electron chi connectivity index (χ3n) is 5.42. The Kier molecular flexibility index (Phi) is 6.25. The number of hydrogen-bond donors (Lipinski definition) is 2. The molecule has 0 radical (unpaired) electrons. The van der Waals surface area contributed by atoms with Crippen LogP contribution < -0.4 is 15.1 Å². The minimum Gasteiger partial charge on any atom is -0.481 e. The molecule has 2 aliphatic rings. The Labute approximate surface area is 188 Å². The average Bonchev–Trinajstić information content (AvgIpc) is 3.64.